The molecule has 0 unspecified atom stereocenters. The van der Waals surface area contributed by atoms with E-state index >= 15 is 0 Å². The van der Waals surface area contributed by atoms with E-state index < -0.39 is 0 Å². The second-order valence-electron chi connectivity index (χ2n) is 7.48. The van der Waals surface area contributed by atoms with Gasteiger partial charge in [-0.05, 0) is 30.5 Å². The smallest absolute Gasteiger partial charge is 0.223 e. The minimum Gasteiger partial charge on any atom is -0.367 e. The zero-order valence-corrected chi connectivity index (χ0v) is 17.7. The number of allylic oxidation sites excluding steroid dienone is 2. The van der Waals surface area contributed by atoms with Crippen LogP contribution in [0, 0.1) is 5.92 Å². The number of amides is 1. The van der Waals surface area contributed by atoms with Crippen molar-refractivity contribution < 1.29 is 14.4 Å². The van der Waals surface area contributed by atoms with Crippen LogP contribution in [0.15, 0.2) is 59.3 Å². The number of Topliss-reactive ketones (excluding diaryl/α,β-unsaturated/α-hetero) is 2. The van der Waals surface area contributed by atoms with Crippen LogP contribution in [0.3, 0.4) is 0 Å². The average molecular weight is 443 g/mol. The van der Waals surface area contributed by atoms with Gasteiger partial charge in [-0.2, -0.15) is 0 Å². The summed E-state index contributed by atoms with van der Waals surface area (Å²) in [6.07, 6.45) is 1.16. The first-order chi connectivity index (χ1) is 14.5. The van der Waals surface area contributed by atoms with Crippen molar-refractivity contribution in [3.05, 3.63) is 81.0 Å². The minimum absolute atomic E-state index is 0.0221. The van der Waals surface area contributed by atoms with E-state index in [0.717, 1.165) is 5.56 Å². The minimum atomic E-state index is -0.330. The molecule has 1 heterocycles. The quantitative estimate of drug-likeness (QED) is 0.770. The number of carbonyl (C=O) groups is 3. The molecule has 1 saturated heterocycles. The topological polar surface area (TPSA) is 66.5 Å². The number of nitrogens with one attached hydrogen (secondary N) is 1. The molecule has 5 nitrogen and oxygen atoms in total. The van der Waals surface area contributed by atoms with Crippen LogP contribution in [-0.4, -0.2) is 35.5 Å². The number of rotatable bonds is 4. The molecule has 0 saturated carbocycles. The van der Waals surface area contributed by atoms with Gasteiger partial charge in [0.05, 0.1) is 0 Å². The Morgan fingerprint density at radius 3 is 2.30 bits per heavy atom. The second kappa shape index (κ2) is 8.62. The van der Waals surface area contributed by atoms with Gasteiger partial charge in [0.1, 0.15) is 10.7 Å². The maximum atomic E-state index is 12.9. The summed E-state index contributed by atoms with van der Waals surface area (Å²) in [4.78, 5) is 39.9. The van der Waals surface area contributed by atoms with Crippen molar-refractivity contribution in [1.82, 2.24) is 10.2 Å². The summed E-state index contributed by atoms with van der Waals surface area (Å²) in [6.45, 7) is 1.39. The van der Waals surface area contributed by atoms with Crippen LogP contribution in [0.25, 0.3) is 0 Å². The van der Waals surface area contributed by atoms with Gasteiger partial charge in [0.25, 0.3) is 0 Å². The van der Waals surface area contributed by atoms with Crippen molar-refractivity contribution >= 4 is 40.7 Å². The van der Waals surface area contributed by atoms with E-state index in [1.807, 2.05) is 23.1 Å². The first kappa shape index (κ1) is 20.6. The van der Waals surface area contributed by atoms with Crippen LogP contribution in [-0.2, 0) is 11.3 Å². The Morgan fingerprint density at radius 2 is 1.63 bits per heavy atom. The first-order valence-corrected chi connectivity index (χ1v) is 10.6. The van der Waals surface area contributed by atoms with E-state index in [4.69, 9.17) is 23.2 Å². The molecule has 0 atom stereocenters. The lowest BCUT2D eigenvalue weighted by atomic mass is 9.89. The van der Waals surface area contributed by atoms with Gasteiger partial charge in [0.2, 0.25) is 17.5 Å². The molecule has 1 amide bonds. The Labute approximate surface area is 184 Å². The lowest BCUT2D eigenvalue weighted by Gasteiger charge is -2.35. The van der Waals surface area contributed by atoms with Gasteiger partial charge in [-0.1, -0.05) is 59.6 Å². The van der Waals surface area contributed by atoms with Gasteiger partial charge in [-0.3, -0.25) is 14.4 Å². The number of hydrogen-bond donors (Lipinski definition) is 1. The molecule has 0 aromatic heterocycles. The normalized spacial score (nSPS) is 17.2. The molecule has 0 spiro atoms. The lowest BCUT2D eigenvalue weighted by molar-refractivity contribution is -0.126. The van der Waals surface area contributed by atoms with Crippen LogP contribution < -0.4 is 5.32 Å². The van der Waals surface area contributed by atoms with Crippen molar-refractivity contribution in [2.75, 3.05) is 13.1 Å². The summed E-state index contributed by atoms with van der Waals surface area (Å²) in [5.41, 5.74) is 1.91. The van der Waals surface area contributed by atoms with Gasteiger partial charge in [0, 0.05) is 41.7 Å². The number of benzene rings is 2. The molecular weight excluding hydrogens is 423 g/mol. The standard InChI is InChI=1S/C23H20Cl2N2O3/c24-16-5-3-4-14(12-16)13-26-23(30)15-8-10-27(11-9-15)20-19(25)21(28)17-6-1-2-7-18(17)22(20)29/h1-7,12,15H,8-11,13H2,(H,26,30). The highest BCUT2D eigenvalue weighted by Gasteiger charge is 2.36. The number of ketones is 2. The van der Waals surface area contributed by atoms with Crippen molar-refractivity contribution in [2.45, 2.75) is 19.4 Å². The molecule has 2 aromatic carbocycles. The van der Waals surface area contributed by atoms with Gasteiger partial charge in [-0.25, -0.2) is 0 Å². The number of carbonyl (C=O) groups excluding carboxylic acids is 3. The van der Waals surface area contributed by atoms with E-state index in [9.17, 15) is 14.4 Å². The van der Waals surface area contributed by atoms with E-state index in [1.165, 1.54) is 0 Å². The molecule has 4 rings (SSSR count). The lowest BCUT2D eigenvalue weighted by Crippen LogP contribution is -2.42. The Kier molecular flexibility index (Phi) is 5.93. The van der Waals surface area contributed by atoms with Crippen LogP contribution in [0.2, 0.25) is 5.02 Å². The molecule has 2 aliphatic rings. The number of fused-ring (bicyclic) bond motifs is 1. The maximum Gasteiger partial charge on any atom is 0.223 e. The summed E-state index contributed by atoms with van der Waals surface area (Å²) in [5, 5.41) is 3.55. The molecule has 7 heteroatoms. The van der Waals surface area contributed by atoms with Crippen LogP contribution in [0.1, 0.15) is 39.1 Å². The number of likely N-dealkylation sites (tertiary alicyclic amines) is 1. The maximum absolute atomic E-state index is 12.9. The molecule has 30 heavy (non-hydrogen) atoms. The summed E-state index contributed by atoms with van der Waals surface area (Å²) in [5.74, 6) is -0.741. The summed E-state index contributed by atoms with van der Waals surface area (Å²) in [7, 11) is 0. The van der Waals surface area contributed by atoms with Gasteiger partial charge < -0.3 is 10.2 Å². The van der Waals surface area contributed by atoms with E-state index in [2.05, 4.69) is 5.32 Å². The van der Waals surface area contributed by atoms with E-state index in [-0.39, 0.29) is 34.1 Å². The highest BCUT2D eigenvalue weighted by molar-refractivity contribution is 6.49. The molecule has 1 fully saturated rings. The third-order valence-corrected chi connectivity index (χ3v) is 6.16. The summed E-state index contributed by atoms with van der Waals surface area (Å²) >= 11 is 12.3. The predicted molar refractivity (Wildman–Crippen MR) is 116 cm³/mol. The van der Waals surface area contributed by atoms with Gasteiger partial charge in [-0.15, -0.1) is 0 Å². The largest absolute Gasteiger partial charge is 0.367 e. The van der Waals surface area contributed by atoms with Crippen LogP contribution >= 0.6 is 23.2 Å². The number of halogens is 2. The monoisotopic (exact) mass is 442 g/mol. The summed E-state index contributed by atoms with van der Waals surface area (Å²) < 4.78 is 0. The Hall–Kier alpha value is -2.63. The van der Waals surface area contributed by atoms with E-state index in [1.54, 1.807) is 30.3 Å². The predicted octanol–water partition coefficient (Wildman–Crippen LogP) is 4.20. The third-order valence-electron chi connectivity index (χ3n) is 5.58. The number of hydrogen-bond acceptors (Lipinski definition) is 4. The molecule has 0 radical (unpaired) electrons. The fourth-order valence-electron chi connectivity index (χ4n) is 3.96. The Bertz CT molecular complexity index is 1060. The zero-order valence-electron chi connectivity index (χ0n) is 16.2. The van der Waals surface area contributed by atoms with Crippen molar-refractivity contribution in [2.24, 2.45) is 5.92 Å². The third kappa shape index (κ3) is 4.00. The zero-order chi connectivity index (χ0) is 21.3. The molecule has 0 bridgehead atoms. The highest BCUT2D eigenvalue weighted by atomic mass is 35.5. The Morgan fingerprint density at radius 1 is 0.967 bits per heavy atom. The van der Waals surface area contributed by atoms with E-state index in [0.29, 0.717) is 48.6 Å². The van der Waals surface area contributed by atoms with Gasteiger partial charge in [0.15, 0.2) is 0 Å². The Balaban J connectivity index is 1.39. The second-order valence-corrected chi connectivity index (χ2v) is 8.29. The van der Waals surface area contributed by atoms with Crippen LogP contribution in [0.5, 0.6) is 0 Å². The molecule has 1 N–H and O–H groups in total. The molecular formula is C23H20Cl2N2O3. The average Bonchev–Trinajstić information content (AvgIpc) is 2.76. The fourth-order valence-corrected chi connectivity index (χ4v) is 4.48. The number of nitrogens with zero attached hydrogens (tertiary/aromatic N) is 1. The molecule has 154 valence electrons. The molecule has 1 aliphatic carbocycles. The highest BCUT2D eigenvalue weighted by Crippen LogP contribution is 2.32. The molecule has 1 aliphatic heterocycles. The fraction of sp³-hybridized carbons (Fsp3) is 0.261. The van der Waals surface area contributed by atoms with Crippen molar-refractivity contribution in [3.63, 3.8) is 0 Å². The van der Waals surface area contributed by atoms with Crippen molar-refractivity contribution in [1.29, 1.82) is 0 Å². The number of piperidine rings is 1. The first-order valence-electron chi connectivity index (χ1n) is 9.81. The van der Waals surface area contributed by atoms with Gasteiger partial charge >= 0.3 is 0 Å². The van der Waals surface area contributed by atoms with Crippen LogP contribution in [0.4, 0.5) is 0 Å². The molecule has 2 aromatic rings. The summed E-state index contributed by atoms with van der Waals surface area (Å²) in [6, 6.07) is 14.1. The SMILES string of the molecule is O=C1C(Cl)=C(N2CCC(C(=O)NCc3cccc(Cl)c3)CC2)C(=O)c2ccccc21. The van der Waals surface area contributed by atoms with Crippen molar-refractivity contribution in [3.8, 4) is 0 Å².